The van der Waals surface area contributed by atoms with Crippen LogP contribution < -0.4 is 53.4 Å². The number of hydrogen-bond acceptors (Lipinski definition) is 18. The number of aromatic hydroxyl groups is 1. The Hall–Kier alpha value is -3.53. The first-order chi connectivity index (χ1) is 32.8. The van der Waals surface area contributed by atoms with Crippen molar-refractivity contribution < 1.29 is 98.9 Å². The number of phosphoric ester groups is 2. The molecular weight excluding hydrogens is 1250 g/mol. The van der Waals surface area contributed by atoms with Crippen LogP contribution in [0.2, 0.25) is 0 Å². The van der Waals surface area contributed by atoms with Crippen LogP contribution in [0.25, 0.3) is 0 Å². The number of rotatable bonds is 25. The van der Waals surface area contributed by atoms with Gasteiger partial charge in [0.2, 0.25) is 35.0 Å². The van der Waals surface area contributed by atoms with Crippen LogP contribution in [-0.4, -0.2) is 128 Å². The van der Waals surface area contributed by atoms with E-state index in [1.807, 2.05) is 66.0 Å². The van der Waals surface area contributed by atoms with Gasteiger partial charge in [0.25, 0.3) is 0 Å². The Labute approximate surface area is 446 Å². The van der Waals surface area contributed by atoms with E-state index in [1.54, 1.807) is 43.3 Å². The van der Waals surface area contributed by atoms with Crippen LogP contribution in [0, 0.1) is 20.8 Å². The van der Waals surface area contributed by atoms with Gasteiger partial charge in [-0.3, -0.25) is 37.7 Å². The molecule has 406 valence electrons. The quantitative estimate of drug-likeness (QED) is 0.0189. The monoisotopic (exact) mass is 1320 g/mol. The van der Waals surface area contributed by atoms with E-state index in [-0.39, 0.29) is 105 Å². The molecule has 0 fully saturated rings. The fraction of sp³-hybridized carbons (Fsp3) is 0.488. The number of hydrogen-bond donors (Lipinski definition) is 7. The molecule has 71 heavy (non-hydrogen) atoms. The van der Waals surface area contributed by atoms with Gasteiger partial charge in [-0.05, 0) is 73.9 Å². The molecule has 0 saturated carbocycles. The van der Waals surface area contributed by atoms with E-state index < -0.39 is 22.6 Å². The maximum atomic E-state index is 12.0. The first kappa shape index (κ1) is 69.5. The predicted octanol–water partition coefficient (Wildman–Crippen LogP) is 7.34. The standard InChI is InChI=1S/C14H22NO7P.C13H19INO7P.C9H12O3.C4H8ClINO4P.CH4/c1-5-13(16)15-6-7-21-23(17,18)22-14-11(19-3)8-10(2)9-12(14)20-4;1-9-6-10(19-2)13(11(7-9)20-3)22-23(17,18)21-5-4-15-12(16)8-14;1-6-4-7(11-2)9(10)8(5-6)12-3;5-12(9,10)11-2-1-7-4(8)3-6;/h8-9H,5-7H2,1-4H3,(H,15,16)(H,17,18);6-7H,4-5,8H2,1-3H3,(H,15,16)(H,17,18);4-5,10H,1-3H3;1-3H2,(H,7,8)(H,9,10);1H4. The largest absolute Gasteiger partial charge is 0.527 e. The summed E-state index contributed by atoms with van der Waals surface area (Å²) in [6, 6.07) is 10.0. The molecule has 30 heteroatoms. The molecule has 3 amide bonds. The van der Waals surface area contributed by atoms with Gasteiger partial charge in [-0.2, -0.15) is 0 Å². The molecule has 0 radical (unpaired) electrons. The maximum Gasteiger partial charge on any atom is 0.527 e. The van der Waals surface area contributed by atoms with Crippen LogP contribution in [0.3, 0.4) is 0 Å². The predicted molar refractivity (Wildman–Crippen MR) is 283 cm³/mol. The average molecular weight is 1320 g/mol. The highest BCUT2D eigenvalue weighted by Crippen LogP contribution is 2.52. The van der Waals surface area contributed by atoms with Crippen LogP contribution in [0.1, 0.15) is 37.5 Å². The molecule has 0 aliphatic rings. The van der Waals surface area contributed by atoms with Crippen molar-refractivity contribution in [1.82, 2.24) is 16.0 Å². The lowest BCUT2D eigenvalue weighted by molar-refractivity contribution is -0.121. The Morgan fingerprint density at radius 1 is 0.535 bits per heavy atom. The number of halogens is 3. The number of phosphoric acid groups is 2. The zero-order valence-corrected chi connectivity index (χ0v) is 47.8. The summed E-state index contributed by atoms with van der Waals surface area (Å²) < 4.78 is 89.4. The summed E-state index contributed by atoms with van der Waals surface area (Å²) in [4.78, 5) is 60.7. The molecule has 0 aliphatic carbocycles. The van der Waals surface area contributed by atoms with Crippen LogP contribution >= 0.6 is 79.0 Å². The van der Waals surface area contributed by atoms with Gasteiger partial charge in [0.1, 0.15) is 0 Å². The van der Waals surface area contributed by atoms with Crippen molar-refractivity contribution >= 4 is 96.7 Å². The summed E-state index contributed by atoms with van der Waals surface area (Å²) in [6.45, 7) is 3.29. The highest BCUT2D eigenvalue weighted by Gasteiger charge is 2.29. The number of amides is 3. The molecule has 0 aromatic heterocycles. The molecule has 3 aromatic rings. The second-order valence-corrected chi connectivity index (χ2v) is 20.0. The number of methoxy groups -OCH3 is 6. The van der Waals surface area contributed by atoms with E-state index >= 15 is 0 Å². The Morgan fingerprint density at radius 3 is 1.06 bits per heavy atom. The molecule has 0 spiro atoms. The fourth-order valence-corrected chi connectivity index (χ4v) is 7.41. The number of aryl methyl sites for hydroxylation is 3. The summed E-state index contributed by atoms with van der Waals surface area (Å²) in [5.74, 6) is 1.35. The molecule has 3 unspecified atom stereocenters. The molecule has 0 heterocycles. The van der Waals surface area contributed by atoms with Crippen molar-refractivity contribution in [2.45, 2.75) is 41.5 Å². The van der Waals surface area contributed by atoms with E-state index in [4.69, 9.17) is 62.7 Å². The van der Waals surface area contributed by atoms with E-state index in [9.17, 15) is 43.0 Å². The number of alkyl halides is 2. The first-order valence-corrected chi connectivity index (χ1v) is 28.6. The Balaban J connectivity index is 0. The number of ether oxygens (including phenoxy) is 6. The van der Waals surface area contributed by atoms with Crippen LogP contribution in [0.5, 0.6) is 51.7 Å². The van der Waals surface area contributed by atoms with Gasteiger partial charge in [-0.1, -0.05) is 59.5 Å². The number of phenolic OH excluding ortho intramolecular Hbond substituents is 1. The van der Waals surface area contributed by atoms with Gasteiger partial charge in [0.15, 0.2) is 34.5 Å². The third-order valence-corrected chi connectivity index (χ3v) is 11.9. The zero-order chi connectivity index (χ0) is 53.7. The zero-order valence-electron chi connectivity index (χ0n) is 40.0. The van der Waals surface area contributed by atoms with Gasteiger partial charge in [0.05, 0.1) is 71.3 Å². The number of carbonyl (C=O) groups excluding carboxylic acids is 3. The third-order valence-electron chi connectivity index (χ3n) is 7.84. The fourth-order valence-electron chi connectivity index (χ4n) is 4.78. The molecule has 24 nitrogen and oxygen atoms in total. The minimum atomic E-state index is -4.39. The molecule has 3 aromatic carbocycles. The van der Waals surface area contributed by atoms with E-state index in [1.165, 1.54) is 42.7 Å². The topological polar surface area (TPSA) is 321 Å². The average Bonchev–Trinajstić information content (AvgIpc) is 3.31. The van der Waals surface area contributed by atoms with Crippen molar-refractivity contribution in [3.63, 3.8) is 0 Å². The van der Waals surface area contributed by atoms with Crippen molar-refractivity contribution in [2.75, 3.05) is 91.0 Å². The van der Waals surface area contributed by atoms with Gasteiger partial charge in [0, 0.05) is 37.3 Å². The molecule has 0 aliphatic heterocycles. The molecule has 0 saturated heterocycles. The summed E-state index contributed by atoms with van der Waals surface area (Å²) >= 11 is 8.66. The molecule has 3 rings (SSSR count). The number of phenols is 1. The summed E-state index contributed by atoms with van der Waals surface area (Å²) in [7, 11) is -0.138. The molecule has 0 bridgehead atoms. The van der Waals surface area contributed by atoms with E-state index in [2.05, 4.69) is 20.5 Å². The van der Waals surface area contributed by atoms with Crippen LogP contribution in [-0.2, 0) is 41.6 Å². The summed E-state index contributed by atoms with van der Waals surface area (Å²) in [5.41, 5.74) is 2.66. The van der Waals surface area contributed by atoms with Gasteiger partial charge < -0.3 is 63.4 Å². The lowest BCUT2D eigenvalue weighted by atomic mass is 10.2. The Kier molecular flexibility index (Phi) is 35.7. The third kappa shape index (κ3) is 29.7. The minimum Gasteiger partial charge on any atom is -0.502 e. The number of carbonyl (C=O) groups is 3. The van der Waals surface area contributed by atoms with E-state index in [0.29, 0.717) is 26.8 Å². The molecular formula is C41H65ClI2N3O21P3. The van der Waals surface area contributed by atoms with Gasteiger partial charge >= 0.3 is 22.6 Å². The highest BCUT2D eigenvalue weighted by molar-refractivity contribution is 14.1. The molecule has 3 atom stereocenters. The normalized spacial score (nSPS) is 12.7. The Morgan fingerprint density at radius 2 is 0.803 bits per heavy atom. The second-order valence-electron chi connectivity index (χ2n) is 13.3. The maximum absolute atomic E-state index is 12.0. The second kappa shape index (κ2) is 36.4. The van der Waals surface area contributed by atoms with Crippen LogP contribution in [0.15, 0.2) is 36.4 Å². The summed E-state index contributed by atoms with van der Waals surface area (Å²) in [5, 5.41) is 16.9. The van der Waals surface area contributed by atoms with Crippen LogP contribution in [0.4, 0.5) is 0 Å². The smallest absolute Gasteiger partial charge is 0.502 e. The molecule has 7 N–H and O–H groups in total. The van der Waals surface area contributed by atoms with Gasteiger partial charge in [-0.15, -0.1) is 0 Å². The number of benzene rings is 3. The number of nitrogens with one attached hydrogen (secondary N) is 3. The Bertz CT molecular complexity index is 2080. The minimum absolute atomic E-state index is 0. The van der Waals surface area contributed by atoms with Crippen molar-refractivity contribution in [1.29, 1.82) is 0 Å². The highest BCUT2D eigenvalue weighted by atomic mass is 127. The first-order valence-electron chi connectivity index (χ1n) is 20.1. The van der Waals surface area contributed by atoms with Crippen molar-refractivity contribution in [3.05, 3.63) is 53.1 Å². The SMILES string of the molecule is C.CCC(=O)NCCOP(=O)(O)Oc1c(OC)cc(C)cc1OC.COc1cc(C)cc(OC)c1O.COc1cc(C)cc(OC)c1OP(=O)(O)OCCNC(=O)CI.O=C(CI)NCCOP(=O)(O)Cl. The van der Waals surface area contributed by atoms with Gasteiger partial charge in [-0.25, -0.2) is 13.7 Å². The van der Waals surface area contributed by atoms with E-state index in [0.717, 1.165) is 16.7 Å². The van der Waals surface area contributed by atoms with Crippen molar-refractivity contribution in [3.8, 4) is 51.7 Å². The lowest BCUT2D eigenvalue weighted by Gasteiger charge is -2.18. The lowest BCUT2D eigenvalue weighted by Crippen LogP contribution is -2.27. The van der Waals surface area contributed by atoms with Crippen molar-refractivity contribution in [2.24, 2.45) is 0 Å². The summed E-state index contributed by atoms with van der Waals surface area (Å²) in [6.07, 6.45) is 0.324.